The number of nitrogens with one attached hydrogen (secondary N) is 1. The van der Waals surface area contributed by atoms with Crippen molar-refractivity contribution in [2.45, 2.75) is 32.2 Å². The second-order valence-corrected chi connectivity index (χ2v) is 7.56. The summed E-state index contributed by atoms with van der Waals surface area (Å²) in [5.41, 5.74) is 2.67. The Morgan fingerprint density at radius 2 is 1.92 bits per heavy atom. The molecule has 1 atom stereocenters. The van der Waals surface area contributed by atoms with Crippen LogP contribution in [-0.2, 0) is 0 Å². The highest BCUT2D eigenvalue weighted by Gasteiger charge is 2.20. The van der Waals surface area contributed by atoms with E-state index >= 15 is 0 Å². The van der Waals surface area contributed by atoms with Crippen LogP contribution in [0.5, 0.6) is 0 Å². The van der Waals surface area contributed by atoms with Crippen molar-refractivity contribution in [2.75, 3.05) is 12.0 Å². The highest BCUT2D eigenvalue weighted by Crippen LogP contribution is 2.20. The minimum Gasteiger partial charge on any atom is -0.342 e. The van der Waals surface area contributed by atoms with E-state index in [1.165, 1.54) is 5.56 Å². The molecule has 136 valence electrons. The average Bonchev–Trinajstić information content (AvgIpc) is 3.09. The van der Waals surface area contributed by atoms with Gasteiger partial charge < -0.3 is 5.32 Å². The van der Waals surface area contributed by atoms with E-state index in [1.54, 1.807) is 11.8 Å². The maximum atomic E-state index is 12.8. The molecule has 3 aromatic rings. The van der Waals surface area contributed by atoms with Crippen LogP contribution in [0.15, 0.2) is 48.7 Å². The molecular formula is C20H24N4OS. The summed E-state index contributed by atoms with van der Waals surface area (Å²) in [5, 5.41) is 11.7. The summed E-state index contributed by atoms with van der Waals surface area (Å²) >= 11 is 1.75. The third-order valence-corrected chi connectivity index (χ3v) is 5.05. The van der Waals surface area contributed by atoms with E-state index in [2.05, 4.69) is 35.6 Å². The molecule has 0 aliphatic rings. The van der Waals surface area contributed by atoms with Crippen molar-refractivity contribution >= 4 is 23.3 Å². The lowest BCUT2D eigenvalue weighted by Crippen LogP contribution is -2.30. The monoisotopic (exact) mass is 368 g/mol. The summed E-state index contributed by atoms with van der Waals surface area (Å²) in [7, 11) is 0. The summed E-state index contributed by atoms with van der Waals surface area (Å²) in [6, 6.07) is 13.4. The van der Waals surface area contributed by atoms with Crippen LogP contribution in [0.2, 0.25) is 0 Å². The number of carbonyl (C=O) groups is 1. The molecule has 0 fully saturated rings. The molecule has 0 bridgehead atoms. The molecule has 5 nitrogen and oxygen atoms in total. The van der Waals surface area contributed by atoms with E-state index in [1.807, 2.05) is 53.1 Å². The first-order valence-electron chi connectivity index (χ1n) is 8.79. The fourth-order valence-electron chi connectivity index (χ4n) is 2.86. The predicted octanol–water partition coefficient (Wildman–Crippen LogP) is 4.08. The normalized spacial score (nSPS) is 12.5. The van der Waals surface area contributed by atoms with Crippen molar-refractivity contribution in [3.8, 4) is 0 Å². The Hall–Kier alpha value is -2.34. The van der Waals surface area contributed by atoms with Gasteiger partial charge in [-0.3, -0.25) is 9.20 Å². The van der Waals surface area contributed by atoms with E-state index in [0.29, 0.717) is 11.5 Å². The first-order valence-corrected chi connectivity index (χ1v) is 10.2. The lowest BCUT2D eigenvalue weighted by atomic mass is 10.0. The molecule has 0 radical (unpaired) electrons. The van der Waals surface area contributed by atoms with Crippen molar-refractivity contribution in [3.63, 3.8) is 0 Å². The molecule has 0 spiro atoms. The first kappa shape index (κ1) is 18.5. The molecule has 0 aliphatic heterocycles. The molecule has 3 rings (SSSR count). The molecule has 0 saturated heterocycles. The summed E-state index contributed by atoms with van der Waals surface area (Å²) in [5.74, 6) is 2.06. The molecule has 1 amide bonds. The van der Waals surface area contributed by atoms with Crippen LogP contribution in [-0.4, -0.2) is 32.5 Å². The second kappa shape index (κ2) is 8.36. The number of rotatable bonds is 7. The molecule has 0 saturated carbocycles. The fraction of sp³-hybridized carbons (Fsp3) is 0.350. The molecule has 1 unspecified atom stereocenters. The Kier molecular flexibility index (Phi) is 5.93. The van der Waals surface area contributed by atoms with Crippen LogP contribution < -0.4 is 5.32 Å². The molecule has 26 heavy (non-hydrogen) atoms. The molecule has 1 N–H and O–H groups in total. The lowest BCUT2D eigenvalue weighted by molar-refractivity contribution is 0.0934. The van der Waals surface area contributed by atoms with Crippen LogP contribution >= 0.6 is 11.8 Å². The number of nitrogens with zero attached hydrogens (tertiary/aromatic N) is 3. The van der Waals surface area contributed by atoms with Crippen molar-refractivity contribution in [2.24, 2.45) is 0 Å². The minimum atomic E-state index is -0.183. The van der Waals surface area contributed by atoms with Gasteiger partial charge in [0.25, 0.3) is 5.91 Å². The van der Waals surface area contributed by atoms with Crippen molar-refractivity contribution in [1.29, 1.82) is 0 Å². The van der Waals surface area contributed by atoms with Crippen LogP contribution in [0.4, 0.5) is 0 Å². The molecule has 2 aromatic heterocycles. The third-order valence-electron chi connectivity index (χ3n) is 4.41. The Morgan fingerprint density at radius 1 is 1.15 bits per heavy atom. The Balaban J connectivity index is 1.83. The zero-order valence-electron chi connectivity index (χ0n) is 15.3. The summed E-state index contributed by atoms with van der Waals surface area (Å²) in [6.45, 7) is 4.29. The van der Waals surface area contributed by atoms with Gasteiger partial charge in [-0.15, -0.1) is 10.2 Å². The maximum absolute atomic E-state index is 12.8. The van der Waals surface area contributed by atoms with E-state index < -0.39 is 0 Å². The van der Waals surface area contributed by atoms with Crippen molar-refractivity contribution in [1.82, 2.24) is 19.9 Å². The Morgan fingerprint density at radius 3 is 2.62 bits per heavy atom. The van der Waals surface area contributed by atoms with Crippen molar-refractivity contribution < 1.29 is 4.79 Å². The van der Waals surface area contributed by atoms with Gasteiger partial charge in [-0.05, 0) is 54.2 Å². The van der Waals surface area contributed by atoms with Gasteiger partial charge in [0.1, 0.15) is 0 Å². The third kappa shape index (κ3) is 4.07. The molecular weight excluding hydrogens is 344 g/mol. The second-order valence-electron chi connectivity index (χ2n) is 6.57. The van der Waals surface area contributed by atoms with Crippen molar-refractivity contribution in [3.05, 3.63) is 65.6 Å². The smallest absolute Gasteiger partial charge is 0.251 e. The quantitative estimate of drug-likeness (QED) is 0.683. The van der Waals surface area contributed by atoms with E-state index in [-0.39, 0.29) is 11.9 Å². The molecule has 2 heterocycles. The van der Waals surface area contributed by atoms with E-state index in [9.17, 15) is 4.79 Å². The first-order chi connectivity index (χ1) is 12.6. The number of amides is 1. The average molecular weight is 369 g/mol. The van der Waals surface area contributed by atoms with Gasteiger partial charge in [0.15, 0.2) is 11.5 Å². The largest absolute Gasteiger partial charge is 0.342 e. The van der Waals surface area contributed by atoms with Gasteiger partial charge >= 0.3 is 0 Å². The minimum absolute atomic E-state index is 0.0842. The fourth-order valence-corrected chi connectivity index (χ4v) is 3.33. The van der Waals surface area contributed by atoms with Crippen LogP contribution in [0, 0.1) is 0 Å². The summed E-state index contributed by atoms with van der Waals surface area (Å²) in [6.07, 6.45) is 4.79. The topological polar surface area (TPSA) is 59.3 Å². The number of carbonyl (C=O) groups excluding carboxylic acids is 1. The number of fused-ring (bicyclic) bond motifs is 1. The molecule has 1 aromatic carbocycles. The van der Waals surface area contributed by atoms with Gasteiger partial charge in [0.05, 0.1) is 6.04 Å². The highest BCUT2D eigenvalue weighted by molar-refractivity contribution is 7.98. The summed E-state index contributed by atoms with van der Waals surface area (Å²) in [4.78, 5) is 12.8. The maximum Gasteiger partial charge on any atom is 0.251 e. The van der Waals surface area contributed by atoms with Gasteiger partial charge in [-0.2, -0.15) is 11.8 Å². The number of hydrogen-bond acceptors (Lipinski definition) is 4. The number of benzene rings is 1. The number of hydrogen-bond donors (Lipinski definition) is 1. The Labute approximate surface area is 158 Å². The zero-order valence-corrected chi connectivity index (χ0v) is 16.2. The van der Waals surface area contributed by atoms with Gasteiger partial charge in [0.2, 0.25) is 0 Å². The van der Waals surface area contributed by atoms with Crippen LogP contribution in [0.25, 0.3) is 5.65 Å². The van der Waals surface area contributed by atoms with Gasteiger partial charge in [-0.1, -0.05) is 32.0 Å². The number of aromatic nitrogens is 3. The van der Waals surface area contributed by atoms with E-state index in [0.717, 1.165) is 23.6 Å². The molecule has 6 heteroatoms. The number of pyridine rings is 1. The lowest BCUT2D eigenvalue weighted by Gasteiger charge is -2.17. The summed E-state index contributed by atoms with van der Waals surface area (Å²) < 4.78 is 1.94. The van der Waals surface area contributed by atoms with Crippen LogP contribution in [0.3, 0.4) is 0 Å². The van der Waals surface area contributed by atoms with E-state index in [4.69, 9.17) is 0 Å². The van der Waals surface area contributed by atoms with Gasteiger partial charge in [0, 0.05) is 11.8 Å². The predicted molar refractivity (Wildman–Crippen MR) is 107 cm³/mol. The van der Waals surface area contributed by atoms with Gasteiger partial charge in [-0.25, -0.2) is 0 Å². The zero-order chi connectivity index (χ0) is 18.5. The van der Waals surface area contributed by atoms with Crippen LogP contribution in [0.1, 0.15) is 54.0 Å². The SMILES string of the molecule is CSCCC(NC(=O)c1ccc(C(C)C)cc1)c1nnc2ccccn12. The highest BCUT2D eigenvalue weighted by atomic mass is 32.2. The molecule has 0 aliphatic carbocycles. The number of thioether (sulfide) groups is 1. The standard InChI is InChI=1S/C20H24N4OS/c1-14(2)15-7-9-16(10-8-15)20(25)21-17(11-13-26-3)19-23-22-18-6-4-5-12-24(18)19/h4-10,12,14,17H,11,13H2,1-3H3,(H,21,25). The Bertz CT molecular complexity index is 873.